The summed E-state index contributed by atoms with van der Waals surface area (Å²) >= 11 is 0. The number of hydrogen-bond acceptors (Lipinski definition) is 3. The molecule has 0 aromatic carbocycles. The van der Waals surface area contributed by atoms with Crippen LogP contribution in [0.15, 0.2) is 18.5 Å². The Morgan fingerprint density at radius 3 is 3.06 bits per heavy atom. The van der Waals surface area contributed by atoms with Crippen LogP contribution in [0.5, 0.6) is 0 Å². The lowest BCUT2D eigenvalue weighted by molar-refractivity contribution is 0.0670. The summed E-state index contributed by atoms with van der Waals surface area (Å²) in [5.41, 5.74) is 1.54. The van der Waals surface area contributed by atoms with Gasteiger partial charge in [-0.15, -0.1) is 0 Å². The molecule has 4 heteroatoms. The third kappa shape index (κ3) is 2.44. The Morgan fingerprint density at radius 2 is 2.35 bits per heavy atom. The maximum absolute atomic E-state index is 12.3. The second-order valence-electron chi connectivity index (χ2n) is 4.39. The molecule has 1 saturated heterocycles. The van der Waals surface area contributed by atoms with Crippen LogP contribution in [0.4, 0.5) is 0 Å². The minimum atomic E-state index is -0.281. The summed E-state index contributed by atoms with van der Waals surface area (Å²) in [5, 5.41) is 9.05. The number of nitriles is 1. The molecule has 1 fully saturated rings. The standard InChI is InChI=1S/C13H15N3O/c1-10-6-11(9-15-8-10)13(17)16-5-3-2-4-12(16)7-14/h6,8-9,12H,2-5H2,1H3. The highest BCUT2D eigenvalue weighted by Crippen LogP contribution is 2.19. The van der Waals surface area contributed by atoms with Crippen LogP contribution in [0.25, 0.3) is 0 Å². The van der Waals surface area contributed by atoms with E-state index in [1.54, 1.807) is 17.3 Å². The van der Waals surface area contributed by atoms with Crippen LogP contribution in [0.1, 0.15) is 35.2 Å². The van der Waals surface area contributed by atoms with Gasteiger partial charge in [-0.2, -0.15) is 5.26 Å². The predicted molar refractivity (Wildman–Crippen MR) is 63.3 cm³/mol. The first-order chi connectivity index (χ1) is 8.22. The van der Waals surface area contributed by atoms with Gasteiger partial charge in [-0.1, -0.05) is 0 Å². The minimum absolute atomic E-state index is 0.0764. The highest BCUT2D eigenvalue weighted by molar-refractivity contribution is 5.94. The fourth-order valence-electron chi connectivity index (χ4n) is 2.15. The number of aryl methyl sites for hydroxylation is 1. The fourth-order valence-corrected chi connectivity index (χ4v) is 2.15. The lowest BCUT2D eigenvalue weighted by Crippen LogP contribution is -2.43. The van der Waals surface area contributed by atoms with Crippen LogP contribution in [-0.4, -0.2) is 28.4 Å². The van der Waals surface area contributed by atoms with Crippen molar-refractivity contribution in [2.75, 3.05) is 6.54 Å². The van der Waals surface area contributed by atoms with Crippen molar-refractivity contribution in [1.29, 1.82) is 5.26 Å². The molecular weight excluding hydrogens is 214 g/mol. The molecule has 4 nitrogen and oxygen atoms in total. The van der Waals surface area contributed by atoms with E-state index in [0.717, 1.165) is 24.8 Å². The summed E-state index contributed by atoms with van der Waals surface area (Å²) in [4.78, 5) is 17.9. The molecule has 0 spiro atoms. The number of hydrogen-bond donors (Lipinski definition) is 0. The summed E-state index contributed by atoms with van der Waals surface area (Å²) in [7, 11) is 0. The number of rotatable bonds is 1. The molecule has 1 aromatic heterocycles. The number of carbonyl (C=O) groups excluding carboxylic acids is 1. The molecule has 1 aromatic rings. The molecule has 1 unspecified atom stereocenters. The first kappa shape index (κ1) is 11.6. The first-order valence-corrected chi connectivity index (χ1v) is 5.84. The lowest BCUT2D eigenvalue weighted by Gasteiger charge is -2.31. The van der Waals surface area contributed by atoms with E-state index in [-0.39, 0.29) is 11.9 Å². The second-order valence-corrected chi connectivity index (χ2v) is 4.39. The van der Waals surface area contributed by atoms with E-state index in [1.807, 2.05) is 13.0 Å². The van der Waals surface area contributed by atoms with Crippen LogP contribution < -0.4 is 0 Å². The van der Waals surface area contributed by atoms with E-state index >= 15 is 0 Å². The smallest absolute Gasteiger partial charge is 0.256 e. The monoisotopic (exact) mass is 229 g/mol. The zero-order chi connectivity index (χ0) is 12.3. The molecule has 17 heavy (non-hydrogen) atoms. The van der Waals surface area contributed by atoms with Gasteiger partial charge in [-0.25, -0.2) is 0 Å². The van der Waals surface area contributed by atoms with Crippen LogP contribution in [0.3, 0.4) is 0 Å². The maximum atomic E-state index is 12.3. The molecule has 0 saturated carbocycles. The number of carbonyl (C=O) groups is 1. The molecule has 1 atom stereocenters. The van der Waals surface area contributed by atoms with Crippen molar-refractivity contribution in [3.05, 3.63) is 29.6 Å². The summed E-state index contributed by atoms with van der Waals surface area (Å²) in [6.45, 7) is 2.58. The van der Waals surface area contributed by atoms with Gasteiger partial charge in [0.25, 0.3) is 5.91 Å². The SMILES string of the molecule is Cc1cncc(C(=O)N2CCCCC2C#N)c1. The van der Waals surface area contributed by atoms with Gasteiger partial charge in [0.05, 0.1) is 11.6 Å². The normalized spacial score (nSPS) is 19.8. The Balaban J connectivity index is 2.22. The molecule has 2 heterocycles. The molecule has 88 valence electrons. The fraction of sp³-hybridized carbons (Fsp3) is 0.462. The highest BCUT2D eigenvalue weighted by atomic mass is 16.2. The molecule has 0 aliphatic carbocycles. The third-order valence-electron chi connectivity index (χ3n) is 3.03. The van der Waals surface area contributed by atoms with Crippen molar-refractivity contribution < 1.29 is 4.79 Å². The molecular formula is C13H15N3O. The molecule has 0 N–H and O–H groups in total. The quantitative estimate of drug-likeness (QED) is 0.739. The summed E-state index contributed by atoms with van der Waals surface area (Å²) in [5.74, 6) is -0.0764. The maximum Gasteiger partial charge on any atom is 0.256 e. The molecule has 0 bridgehead atoms. The van der Waals surface area contributed by atoms with Gasteiger partial charge >= 0.3 is 0 Å². The predicted octanol–water partition coefficient (Wildman–Crippen LogP) is 1.91. The zero-order valence-electron chi connectivity index (χ0n) is 9.89. The van der Waals surface area contributed by atoms with Gasteiger partial charge in [0.15, 0.2) is 0 Å². The molecule has 2 rings (SSSR count). The van der Waals surface area contributed by atoms with Crippen molar-refractivity contribution in [2.24, 2.45) is 0 Å². The largest absolute Gasteiger partial charge is 0.323 e. The van der Waals surface area contributed by atoms with Gasteiger partial charge in [-0.3, -0.25) is 9.78 Å². The summed E-state index contributed by atoms with van der Waals surface area (Å²) < 4.78 is 0. The number of pyridine rings is 1. The Morgan fingerprint density at radius 1 is 1.53 bits per heavy atom. The van der Waals surface area contributed by atoms with Crippen molar-refractivity contribution in [1.82, 2.24) is 9.88 Å². The van der Waals surface area contributed by atoms with Crippen LogP contribution in [-0.2, 0) is 0 Å². The lowest BCUT2D eigenvalue weighted by atomic mass is 10.0. The molecule has 1 aliphatic rings. The summed E-state index contributed by atoms with van der Waals surface area (Å²) in [6, 6.07) is 3.74. The Bertz CT molecular complexity index is 464. The Kier molecular flexibility index (Phi) is 3.38. The van der Waals surface area contributed by atoms with Crippen molar-refractivity contribution >= 4 is 5.91 Å². The second kappa shape index (κ2) is 4.96. The van der Waals surface area contributed by atoms with E-state index in [9.17, 15) is 4.79 Å². The van der Waals surface area contributed by atoms with Crippen LogP contribution in [0.2, 0.25) is 0 Å². The molecule has 0 radical (unpaired) electrons. The highest BCUT2D eigenvalue weighted by Gasteiger charge is 2.27. The topological polar surface area (TPSA) is 57.0 Å². The van der Waals surface area contributed by atoms with Gasteiger partial charge < -0.3 is 4.90 Å². The van der Waals surface area contributed by atoms with Gasteiger partial charge in [0.1, 0.15) is 6.04 Å². The first-order valence-electron chi connectivity index (χ1n) is 5.84. The average Bonchev–Trinajstić information content (AvgIpc) is 2.38. The van der Waals surface area contributed by atoms with E-state index < -0.39 is 0 Å². The number of amides is 1. The zero-order valence-corrected chi connectivity index (χ0v) is 9.89. The number of aromatic nitrogens is 1. The molecule has 1 aliphatic heterocycles. The summed E-state index contributed by atoms with van der Waals surface area (Å²) in [6.07, 6.45) is 6.06. The Hall–Kier alpha value is -1.89. The van der Waals surface area contributed by atoms with Gasteiger partial charge in [-0.05, 0) is 37.8 Å². The minimum Gasteiger partial charge on any atom is -0.323 e. The number of piperidine rings is 1. The van der Waals surface area contributed by atoms with E-state index in [2.05, 4.69) is 11.1 Å². The van der Waals surface area contributed by atoms with Crippen LogP contribution in [0, 0.1) is 18.3 Å². The van der Waals surface area contributed by atoms with Crippen LogP contribution >= 0.6 is 0 Å². The van der Waals surface area contributed by atoms with Crippen molar-refractivity contribution in [3.8, 4) is 6.07 Å². The van der Waals surface area contributed by atoms with Crippen molar-refractivity contribution in [2.45, 2.75) is 32.2 Å². The molecule has 1 amide bonds. The van der Waals surface area contributed by atoms with E-state index in [1.165, 1.54) is 0 Å². The van der Waals surface area contributed by atoms with Gasteiger partial charge in [0, 0.05) is 18.9 Å². The Labute approximate surface area is 101 Å². The number of nitrogens with zero attached hydrogens (tertiary/aromatic N) is 3. The van der Waals surface area contributed by atoms with Gasteiger partial charge in [0.2, 0.25) is 0 Å². The van der Waals surface area contributed by atoms with E-state index in [4.69, 9.17) is 5.26 Å². The van der Waals surface area contributed by atoms with E-state index in [0.29, 0.717) is 12.1 Å². The van der Waals surface area contributed by atoms with Crippen molar-refractivity contribution in [3.63, 3.8) is 0 Å². The number of likely N-dealkylation sites (tertiary alicyclic amines) is 1. The third-order valence-corrected chi connectivity index (χ3v) is 3.03. The average molecular weight is 229 g/mol.